The molecule has 0 radical (unpaired) electrons. The van der Waals surface area contributed by atoms with Crippen molar-refractivity contribution in [2.75, 3.05) is 26.7 Å². The Bertz CT molecular complexity index is 1020. The molecule has 28 heavy (non-hydrogen) atoms. The molecule has 0 spiro atoms. The molecule has 5 nitrogen and oxygen atoms in total. The standard InChI is InChI=1S/C23H23N3O2/c1-25(14-15-26-13-7-12-22(26)27)23(28)19-16-21(17-8-3-2-4-9-17)24-20-11-6-5-10-18(19)20/h2-6,8-11,16H,7,12-15H2,1H3. The van der Waals surface area contributed by atoms with Gasteiger partial charge in [0.25, 0.3) is 5.91 Å². The number of pyridine rings is 1. The van der Waals surface area contributed by atoms with Gasteiger partial charge in [0.15, 0.2) is 0 Å². The smallest absolute Gasteiger partial charge is 0.254 e. The third-order valence-corrected chi connectivity index (χ3v) is 5.24. The highest BCUT2D eigenvalue weighted by atomic mass is 16.2. The molecule has 0 atom stereocenters. The summed E-state index contributed by atoms with van der Waals surface area (Å²) in [5, 5.41) is 0.844. The SMILES string of the molecule is CN(CCN1CCCC1=O)C(=O)c1cc(-c2ccccc2)nc2ccccc12. The Kier molecular flexibility index (Phi) is 5.06. The molecule has 0 aliphatic carbocycles. The van der Waals surface area contributed by atoms with Gasteiger partial charge in [-0.25, -0.2) is 4.98 Å². The summed E-state index contributed by atoms with van der Waals surface area (Å²) < 4.78 is 0. The number of carbonyl (C=O) groups excluding carboxylic acids is 2. The van der Waals surface area contributed by atoms with Gasteiger partial charge in [0.05, 0.1) is 16.8 Å². The number of likely N-dealkylation sites (tertiary alicyclic amines) is 1. The van der Waals surface area contributed by atoms with Gasteiger partial charge in [-0.3, -0.25) is 9.59 Å². The number of rotatable bonds is 5. The van der Waals surface area contributed by atoms with Crippen molar-refractivity contribution in [1.29, 1.82) is 0 Å². The van der Waals surface area contributed by atoms with Crippen molar-refractivity contribution in [3.8, 4) is 11.3 Å². The van der Waals surface area contributed by atoms with Crippen LogP contribution >= 0.6 is 0 Å². The molecule has 3 aromatic rings. The summed E-state index contributed by atoms with van der Waals surface area (Å²) in [6.45, 7) is 1.88. The van der Waals surface area contributed by atoms with Crippen molar-refractivity contribution in [2.45, 2.75) is 12.8 Å². The first-order valence-corrected chi connectivity index (χ1v) is 9.62. The summed E-state index contributed by atoms with van der Waals surface area (Å²) in [4.78, 5) is 33.3. The Morgan fingerprint density at radius 3 is 2.61 bits per heavy atom. The lowest BCUT2D eigenvalue weighted by molar-refractivity contribution is -0.127. The number of nitrogens with zero attached hydrogens (tertiary/aromatic N) is 3. The fourth-order valence-electron chi connectivity index (χ4n) is 3.63. The predicted octanol–water partition coefficient (Wildman–Crippen LogP) is 3.60. The Balaban J connectivity index is 1.64. The number of hydrogen-bond donors (Lipinski definition) is 0. The average molecular weight is 373 g/mol. The van der Waals surface area contributed by atoms with Crippen molar-refractivity contribution in [3.05, 3.63) is 66.2 Å². The van der Waals surface area contributed by atoms with Crippen LogP contribution in [0.2, 0.25) is 0 Å². The first-order chi connectivity index (χ1) is 13.6. The van der Waals surface area contributed by atoms with E-state index in [1.54, 1.807) is 11.9 Å². The van der Waals surface area contributed by atoms with E-state index in [0.29, 0.717) is 25.1 Å². The highest BCUT2D eigenvalue weighted by molar-refractivity contribution is 6.07. The second-order valence-electron chi connectivity index (χ2n) is 7.15. The molecular formula is C23H23N3O2. The zero-order chi connectivity index (χ0) is 19.5. The minimum atomic E-state index is -0.0533. The van der Waals surface area contributed by atoms with Gasteiger partial charge in [0, 0.05) is 44.1 Å². The van der Waals surface area contributed by atoms with Crippen LogP contribution in [-0.2, 0) is 4.79 Å². The maximum atomic E-state index is 13.2. The van der Waals surface area contributed by atoms with Gasteiger partial charge in [-0.05, 0) is 18.6 Å². The fraction of sp³-hybridized carbons (Fsp3) is 0.261. The fourth-order valence-corrected chi connectivity index (χ4v) is 3.63. The van der Waals surface area contributed by atoms with Crippen molar-refractivity contribution in [1.82, 2.24) is 14.8 Å². The van der Waals surface area contributed by atoms with Crippen LogP contribution in [0.15, 0.2) is 60.7 Å². The van der Waals surface area contributed by atoms with Gasteiger partial charge in [-0.15, -0.1) is 0 Å². The molecule has 1 saturated heterocycles. The first kappa shape index (κ1) is 18.2. The van der Waals surface area contributed by atoms with Crippen LogP contribution in [0.3, 0.4) is 0 Å². The van der Waals surface area contributed by atoms with Crippen molar-refractivity contribution < 1.29 is 9.59 Å². The Labute approximate surface area is 164 Å². The zero-order valence-electron chi connectivity index (χ0n) is 16.0. The lowest BCUT2D eigenvalue weighted by atomic mass is 10.0. The predicted molar refractivity (Wildman–Crippen MR) is 110 cm³/mol. The number of para-hydroxylation sites is 1. The normalized spacial score (nSPS) is 13.9. The van der Waals surface area contributed by atoms with E-state index in [-0.39, 0.29) is 11.8 Å². The van der Waals surface area contributed by atoms with Crippen LogP contribution in [0.4, 0.5) is 0 Å². The molecule has 2 heterocycles. The molecule has 1 aliphatic heterocycles. The molecule has 4 rings (SSSR count). The largest absolute Gasteiger partial charge is 0.341 e. The molecule has 1 aliphatic rings. The van der Waals surface area contributed by atoms with Gasteiger partial charge in [0.1, 0.15) is 0 Å². The van der Waals surface area contributed by atoms with Crippen LogP contribution in [0, 0.1) is 0 Å². The third kappa shape index (κ3) is 3.60. The highest BCUT2D eigenvalue weighted by Crippen LogP contribution is 2.25. The van der Waals surface area contributed by atoms with Gasteiger partial charge >= 0.3 is 0 Å². The maximum Gasteiger partial charge on any atom is 0.254 e. The average Bonchev–Trinajstić information content (AvgIpc) is 3.16. The molecule has 0 unspecified atom stereocenters. The molecule has 2 amide bonds. The highest BCUT2D eigenvalue weighted by Gasteiger charge is 2.22. The number of fused-ring (bicyclic) bond motifs is 1. The first-order valence-electron chi connectivity index (χ1n) is 9.62. The second-order valence-corrected chi connectivity index (χ2v) is 7.15. The van der Waals surface area contributed by atoms with Crippen molar-refractivity contribution in [3.63, 3.8) is 0 Å². The van der Waals surface area contributed by atoms with Crippen LogP contribution in [0.1, 0.15) is 23.2 Å². The number of amides is 2. The van der Waals surface area contributed by atoms with E-state index in [2.05, 4.69) is 0 Å². The summed E-state index contributed by atoms with van der Waals surface area (Å²) in [6.07, 6.45) is 1.53. The maximum absolute atomic E-state index is 13.2. The molecule has 0 N–H and O–H groups in total. The van der Waals surface area contributed by atoms with Crippen LogP contribution in [-0.4, -0.2) is 53.3 Å². The van der Waals surface area contributed by atoms with Gasteiger partial charge in [-0.1, -0.05) is 48.5 Å². The summed E-state index contributed by atoms with van der Waals surface area (Å²) in [7, 11) is 1.79. The second kappa shape index (κ2) is 7.80. The van der Waals surface area contributed by atoms with Crippen molar-refractivity contribution in [2.24, 2.45) is 0 Å². The van der Waals surface area contributed by atoms with Gasteiger partial charge in [-0.2, -0.15) is 0 Å². The van der Waals surface area contributed by atoms with E-state index >= 15 is 0 Å². The van der Waals surface area contributed by atoms with Crippen LogP contribution in [0.5, 0.6) is 0 Å². The van der Waals surface area contributed by atoms with Gasteiger partial charge < -0.3 is 9.80 Å². The van der Waals surface area contributed by atoms with Crippen LogP contribution in [0.25, 0.3) is 22.2 Å². The van der Waals surface area contributed by atoms with E-state index in [1.165, 1.54) is 0 Å². The zero-order valence-corrected chi connectivity index (χ0v) is 16.0. The lowest BCUT2D eigenvalue weighted by Crippen LogP contribution is -2.37. The Morgan fingerprint density at radius 2 is 1.86 bits per heavy atom. The number of carbonyl (C=O) groups is 2. The third-order valence-electron chi connectivity index (χ3n) is 5.24. The number of benzene rings is 2. The molecular weight excluding hydrogens is 350 g/mol. The molecule has 0 bridgehead atoms. The summed E-state index contributed by atoms with van der Waals surface area (Å²) in [5.41, 5.74) is 3.20. The summed E-state index contributed by atoms with van der Waals surface area (Å²) >= 11 is 0. The lowest BCUT2D eigenvalue weighted by Gasteiger charge is -2.22. The molecule has 2 aromatic carbocycles. The van der Waals surface area contributed by atoms with Crippen LogP contribution < -0.4 is 0 Å². The van der Waals surface area contributed by atoms with E-state index in [0.717, 1.165) is 35.1 Å². The van der Waals surface area contributed by atoms with Gasteiger partial charge in [0.2, 0.25) is 5.91 Å². The Morgan fingerprint density at radius 1 is 1.11 bits per heavy atom. The van der Waals surface area contributed by atoms with E-state index in [4.69, 9.17) is 4.98 Å². The minimum absolute atomic E-state index is 0.0533. The number of likely N-dealkylation sites (N-methyl/N-ethyl adjacent to an activating group) is 1. The quantitative estimate of drug-likeness (QED) is 0.687. The molecule has 1 fully saturated rings. The Hall–Kier alpha value is -3.21. The van der Waals surface area contributed by atoms with Crippen molar-refractivity contribution >= 4 is 22.7 Å². The number of aromatic nitrogens is 1. The van der Waals surface area contributed by atoms with E-state index < -0.39 is 0 Å². The minimum Gasteiger partial charge on any atom is -0.341 e. The summed E-state index contributed by atoms with van der Waals surface area (Å²) in [5.74, 6) is 0.129. The molecule has 1 aromatic heterocycles. The van der Waals surface area contributed by atoms with E-state index in [1.807, 2.05) is 65.6 Å². The molecule has 0 saturated carbocycles. The number of hydrogen-bond acceptors (Lipinski definition) is 3. The summed E-state index contributed by atoms with van der Waals surface area (Å²) in [6, 6.07) is 19.5. The topological polar surface area (TPSA) is 53.5 Å². The molecule has 142 valence electrons. The molecule has 5 heteroatoms. The monoisotopic (exact) mass is 373 g/mol. The van der Waals surface area contributed by atoms with E-state index in [9.17, 15) is 9.59 Å².